The van der Waals surface area contributed by atoms with Crippen molar-refractivity contribution in [3.05, 3.63) is 29.8 Å². The number of fused-ring (bicyclic) bond motifs is 1. The standard InChI is InChI=1S/C18H26N2O/c1-18(2)17(15-5-3-4-6-16(15)21-18)19-11-13-9-10-20(12-13)14-7-8-14/h3-6,13-14,17,19H,7-12H2,1-2H3. The van der Waals surface area contributed by atoms with Crippen molar-refractivity contribution in [2.75, 3.05) is 19.6 Å². The summed E-state index contributed by atoms with van der Waals surface area (Å²) in [5, 5.41) is 3.80. The van der Waals surface area contributed by atoms with Gasteiger partial charge in [-0.3, -0.25) is 0 Å². The summed E-state index contributed by atoms with van der Waals surface area (Å²) in [5.41, 5.74) is 1.16. The van der Waals surface area contributed by atoms with Gasteiger partial charge in [0.05, 0.1) is 6.04 Å². The van der Waals surface area contributed by atoms with Crippen LogP contribution in [0, 0.1) is 5.92 Å². The molecule has 21 heavy (non-hydrogen) atoms. The first-order chi connectivity index (χ1) is 10.1. The van der Waals surface area contributed by atoms with E-state index >= 15 is 0 Å². The van der Waals surface area contributed by atoms with Gasteiger partial charge in [0.2, 0.25) is 0 Å². The molecule has 0 spiro atoms. The van der Waals surface area contributed by atoms with Crippen LogP contribution >= 0.6 is 0 Å². The van der Waals surface area contributed by atoms with Gasteiger partial charge in [-0.2, -0.15) is 0 Å². The van der Waals surface area contributed by atoms with Crippen molar-refractivity contribution >= 4 is 0 Å². The van der Waals surface area contributed by atoms with Gasteiger partial charge in [-0.1, -0.05) is 18.2 Å². The maximum atomic E-state index is 6.12. The Bertz CT molecular complexity index is 524. The smallest absolute Gasteiger partial charge is 0.125 e. The molecule has 0 amide bonds. The molecular weight excluding hydrogens is 260 g/mol. The first kappa shape index (κ1) is 13.6. The molecule has 2 fully saturated rings. The van der Waals surface area contributed by atoms with Crippen LogP contribution in [0.15, 0.2) is 24.3 Å². The second kappa shape index (κ2) is 4.99. The van der Waals surface area contributed by atoms with Crippen molar-refractivity contribution in [2.45, 2.75) is 50.8 Å². The summed E-state index contributed by atoms with van der Waals surface area (Å²) >= 11 is 0. The van der Waals surface area contributed by atoms with Gasteiger partial charge >= 0.3 is 0 Å². The molecule has 1 aliphatic carbocycles. The molecule has 0 bridgehead atoms. The number of ether oxygens (including phenoxy) is 1. The molecule has 1 aromatic carbocycles. The number of nitrogens with zero attached hydrogens (tertiary/aromatic N) is 1. The van der Waals surface area contributed by atoms with E-state index in [4.69, 9.17) is 4.74 Å². The van der Waals surface area contributed by atoms with E-state index in [1.165, 1.54) is 37.9 Å². The van der Waals surface area contributed by atoms with Crippen LogP contribution in [-0.4, -0.2) is 36.2 Å². The minimum Gasteiger partial charge on any atom is -0.486 e. The van der Waals surface area contributed by atoms with Crippen LogP contribution in [0.5, 0.6) is 5.75 Å². The third-order valence-corrected chi connectivity index (χ3v) is 5.29. The number of likely N-dealkylation sites (tertiary alicyclic amines) is 1. The second-order valence-electron chi connectivity index (χ2n) is 7.47. The normalized spacial score (nSPS) is 31.1. The highest BCUT2D eigenvalue weighted by Gasteiger charge is 2.41. The monoisotopic (exact) mass is 286 g/mol. The van der Waals surface area contributed by atoms with E-state index in [1.807, 2.05) is 0 Å². The van der Waals surface area contributed by atoms with Crippen LogP contribution < -0.4 is 10.1 Å². The Labute approximate surface area is 127 Å². The van der Waals surface area contributed by atoms with Crippen LogP contribution in [0.2, 0.25) is 0 Å². The van der Waals surface area contributed by atoms with E-state index in [2.05, 4.69) is 48.3 Å². The topological polar surface area (TPSA) is 24.5 Å². The Morgan fingerprint density at radius 1 is 1.24 bits per heavy atom. The summed E-state index contributed by atoms with van der Waals surface area (Å²) in [7, 11) is 0. The van der Waals surface area contributed by atoms with Gasteiger partial charge in [0.15, 0.2) is 0 Å². The first-order valence-electron chi connectivity index (χ1n) is 8.39. The highest BCUT2D eigenvalue weighted by molar-refractivity contribution is 5.42. The first-order valence-corrected chi connectivity index (χ1v) is 8.39. The quantitative estimate of drug-likeness (QED) is 0.921. The number of benzene rings is 1. The number of rotatable bonds is 4. The van der Waals surface area contributed by atoms with Crippen molar-refractivity contribution in [3.8, 4) is 5.75 Å². The fourth-order valence-corrected chi connectivity index (χ4v) is 3.97. The van der Waals surface area contributed by atoms with E-state index in [0.717, 1.165) is 24.3 Å². The average Bonchev–Trinajstić information content (AvgIpc) is 3.13. The van der Waals surface area contributed by atoms with Crippen molar-refractivity contribution in [2.24, 2.45) is 5.92 Å². The Kier molecular flexibility index (Phi) is 3.23. The maximum absolute atomic E-state index is 6.12. The predicted octanol–water partition coefficient (Wildman–Crippen LogP) is 2.97. The summed E-state index contributed by atoms with van der Waals surface area (Å²) in [6, 6.07) is 9.69. The Balaban J connectivity index is 1.40. The zero-order chi connectivity index (χ0) is 14.4. The molecule has 3 nitrogen and oxygen atoms in total. The lowest BCUT2D eigenvalue weighted by Gasteiger charge is -2.28. The van der Waals surface area contributed by atoms with Gasteiger partial charge in [-0.15, -0.1) is 0 Å². The summed E-state index contributed by atoms with van der Waals surface area (Å²) < 4.78 is 6.12. The molecule has 2 aliphatic heterocycles. The van der Waals surface area contributed by atoms with E-state index in [1.54, 1.807) is 0 Å². The molecule has 1 saturated carbocycles. The van der Waals surface area contributed by atoms with Gasteiger partial charge in [-0.05, 0) is 58.2 Å². The zero-order valence-corrected chi connectivity index (χ0v) is 13.1. The molecule has 114 valence electrons. The molecule has 4 rings (SSSR count). The van der Waals surface area contributed by atoms with Gasteiger partial charge < -0.3 is 15.0 Å². The lowest BCUT2D eigenvalue weighted by atomic mass is 9.94. The molecule has 1 aromatic rings. The molecule has 0 radical (unpaired) electrons. The lowest BCUT2D eigenvalue weighted by molar-refractivity contribution is 0.0946. The summed E-state index contributed by atoms with van der Waals surface area (Å²) in [4.78, 5) is 2.69. The molecule has 3 heteroatoms. The van der Waals surface area contributed by atoms with Crippen LogP contribution in [-0.2, 0) is 0 Å². The molecule has 2 atom stereocenters. The number of hydrogen-bond acceptors (Lipinski definition) is 3. The van der Waals surface area contributed by atoms with Crippen molar-refractivity contribution in [3.63, 3.8) is 0 Å². The van der Waals surface area contributed by atoms with Crippen molar-refractivity contribution in [1.29, 1.82) is 0 Å². The van der Waals surface area contributed by atoms with Crippen molar-refractivity contribution in [1.82, 2.24) is 10.2 Å². The van der Waals surface area contributed by atoms with Crippen LogP contribution in [0.3, 0.4) is 0 Å². The van der Waals surface area contributed by atoms with Gasteiger partial charge in [0.25, 0.3) is 0 Å². The molecule has 0 aromatic heterocycles. The highest BCUT2D eigenvalue weighted by atomic mass is 16.5. The molecule has 3 aliphatic rings. The SMILES string of the molecule is CC1(C)Oc2ccccc2C1NCC1CCN(C2CC2)C1. The molecule has 2 heterocycles. The largest absolute Gasteiger partial charge is 0.486 e. The van der Waals surface area contributed by atoms with Crippen molar-refractivity contribution < 1.29 is 4.74 Å². The fraction of sp³-hybridized carbons (Fsp3) is 0.667. The molecule has 1 N–H and O–H groups in total. The van der Waals surface area contributed by atoms with Crippen LogP contribution in [0.1, 0.15) is 44.7 Å². The maximum Gasteiger partial charge on any atom is 0.125 e. The molecular formula is C18H26N2O. The number of hydrogen-bond donors (Lipinski definition) is 1. The summed E-state index contributed by atoms with van der Waals surface area (Å²) in [6.07, 6.45) is 4.20. The van der Waals surface area contributed by atoms with E-state index in [-0.39, 0.29) is 5.60 Å². The number of nitrogens with one attached hydrogen (secondary N) is 1. The highest BCUT2D eigenvalue weighted by Crippen LogP contribution is 2.43. The molecule has 2 unspecified atom stereocenters. The fourth-order valence-electron chi connectivity index (χ4n) is 3.97. The Morgan fingerprint density at radius 2 is 2.05 bits per heavy atom. The van der Waals surface area contributed by atoms with E-state index in [0.29, 0.717) is 6.04 Å². The van der Waals surface area contributed by atoms with Gasteiger partial charge in [-0.25, -0.2) is 0 Å². The van der Waals surface area contributed by atoms with E-state index < -0.39 is 0 Å². The van der Waals surface area contributed by atoms with E-state index in [9.17, 15) is 0 Å². The lowest BCUT2D eigenvalue weighted by Crippen LogP contribution is -2.41. The Morgan fingerprint density at radius 3 is 2.86 bits per heavy atom. The van der Waals surface area contributed by atoms with Crippen LogP contribution in [0.25, 0.3) is 0 Å². The summed E-state index contributed by atoms with van der Waals surface area (Å²) in [6.45, 7) is 8.08. The zero-order valence-electron chi connectivity index (χ0n) is 13.1. The third-order valence-electron chi connectivity index (χ3n) is 5.29. The Hall–Kier alpha value is -1.06. The van der Waals surface area contributed by atoms with Crippen LogP contribution in [0.4, 0.5) is 0 Å². The van der Waals surface area contributed by atoms with Gasteiger partial charge in [0.1, 0.15) is 11.4 Å². The number of para-hydroxylation sites is 1. The summed E-state index contributed by atoms with van der Waals surface area (Å²) in [5.74, 6) is 1.85. The minimum atomic E-state index is -0.154. The van der Waals surface area contributed by atoms with Gasteiger partial charge in [0, 0.05) is 18.2 Å². The second-order valence-corrected chi connectivity index (χ2v) is 7.47. The predicted molar refractivity (Wildman–Crippen MR) is 84.6 cm³/mol. The molecule has 1 saturated heterocycles. The average molecular weight is 286 g/mol. The third kappa shape index (κ3) is 2.58. The minimum absolute atomic E-state index is 0.154.